The molecule has 1 rings (SSSR count). The van der Waals surface area contributed by atoms with Crippen molar-refractivity contribution in [2.24, 2.45) is 5.73 Å². The molecule has 1 unspecified atom stereocenters. The number of rotatable bonds is 4. The first kappa shape index (κ1) is 13.1. The minimum absolute atomic E-state index is 0.0283. The second-order valence-corrected chi connectivity index (χ2v) is 4.53. The third-order valence-corrected chi connectivity index (χ3v) is 3.01. The van der Waals surface area contributed by atoms with Gasteiger partial charge in [0.15, 0.2) is 5.78 Å². The maximum absolute atomic E-state index is 12.9. The van der Waals surface area contributed by atoms with E-state index in [1.54, 1.807) is 13.0 Å². The fourth-order valence-electron chi connectivity index (χ4n) is 1.23. The number of carbonyl (C=O) groups excluding carboxylic acids is 1. The van der Waals surface area contributed by atoms with Gasteiger partial charge in [0, 0.05) is 6.42 Å². The van der Waals surface area contributed by atoms with Crippen molar-refractivity contribution in [2.75, 3.05) is 0 Å². The minimum Gasteiger partial charge on any atom is -0.319 e. The highest BCUT2D eigenvalue weighted by Crippen LogP contribution is 2.18. The molecular formula is C12H15ClFNO. The topological polar surface area (TPSA) is 43.1 Å². The lowest BCUT2D eigenvalue weighted by atomic mass is 9.90. The molecule has 1 atom stereocenters. The highest BCUT2D eigenvalue weighted by atomic mass is 35.5. The Morgan fingerprint density at radius 2 is 2.19 bits per heavy atom. The monoisotopic (exact) mass is 243 g/mol. The van der Waals surface area contributed by atoms with Gasteiger partial charge in [0.1, 0.15) is 5.82 Å². The van der Waals surface area contributed by atoms with Gasteiger partial charge in [-0.1, -0.05) is 24.6 Å². The number of hydrogen-bond acceptors (Lipinski definition) is 2. The van der Waals surface area contributed by atoms with Crippen LogP contribution in [0.15, 0.2) is 18.2 Å². The van der Waals surface area contributed by atoms with Crippen LogP contribution in [0, 0.1) is 5.82 Å². The molecule has 0 spiro atoms. The van der Waals surface area contributed by atoms with Crippen molar-refractivity contribution < 1.29 is 9.18 Å². The fraction of sp³-hybridized carbons (Fsp3) is 0.417. The van der Waals surface area contributed by atoms with E-state index < -0.39 is 11.4 Å². The molecule has 0 aliphatic heterocycles. The van der Waals surface area contributed by atoms with E-state index in [-0.39, 0.29) is 17.2 Å². The van der Waals surface area contributed by atoms with Crippen LogP contribution in [0.5, 0.6) is 0 Å². The van der Waals surface area contributed by atoms with Crippen LogP contribution in [0.25, 0.3) is 0 Å². The van der Waals surface area contributed by atoms with Crippen molar-refractivity contribution in [1.82, 2.24) is 0 Å². The molecule has 0 aromatic heterocycles. The number of benzene rings is 1. The van der Waals surface area contributed by atoms with Gasteiger partial charge in [-0.3, -0.25) is 4.79 Å². The lowest BCUT2D eigenvalue weighted by molar-refractivity contribution is -0.123. The summed E-state index contributed by atoms with van der Waals surface area (Å²) in [5.41, 5.74) is 5.67. The van der Waals surface area contributed by atoms with Gasteiger partial charge < -0.3 is 5.73 Å². The molecule has 1 aromatic carbocycles. The average Bonchev–Trinajstić information content (AvgIpc) is 2.23. The van der Waals surface area contributed by atoms with Crippen molar-refractivity contribution >= 4 is 17.4 Å². The first-order chi connectivity index (χ1) is 7.36. The smallest absolute Gasteiger partial charge is 0.156 e. The van der Waals surface area contributed by atoms with Crippen molar-refractivity contribution in [3.63, 3.8) is 0 Å². The minimum atomic E-state index is -0.832. The van der Waals surface area contributed by atoms with Crippen molar-refractivity contribution in [3.8, 4) is 0 Å². The largest absolute Gasteiger partial charge is 0.319 e. The summed E-state index contributed by atoms with van der Waals surface area (Å²) in [6.45, 7) is 3.55. The number of halogens is 2. The van der Waals surface area contributed by atoms with Gasteiger partial charge in [0.2, 0.25) is 0 Å². The molecule has 4 heteroatoms. The maximum Gasteiger partial charge on any atom is 0.156 e. The van der Waals surface area contributed by atoms with Gasteiger partial charge in [-0.25, -0.2) is 4.39 Å². The molecule has 0 aliphatic rings. The fourth-order valence-corrected chi connectivity index (χ4v) is 1.44. The van der Waals surface area contributed by atoms with Gasteiger partial charge in [-0.2, -0.15) is 0 Å². The highest BCUT2D eigenvalue weighted by molar-refractivity contribution is 6.30. The van der Waals surface area contributed by atoms with E-state index in [2.05, 4.69) is 0 Å². The normalized spacial score (nSPS) is 14.6. The molecule has 0 aliphatic carbocycles. The summed E-state index contributed by atoms with van der Waals surface area (Å²) in [6.07, 6.45) is 0.752. The van der Waals surface area contributed by atoms with Crippen molar-refractivity contribution in [1.29, 1.82) is 0 Å². The van der Waals surface area contributed by atoms with E-state index in [9.17, 15) is 9.18 Å². The summed E-state index contributed by atoms with van der Waals surface area (Å²) < 4.78 is 12.9. The Balaban J connectivity index is 2.82. The van der Waals surface area contributed by atoms with Crippen molar-refractivity contribution in [3.05, 3.63) is 34.6 Å². The van der Waals surface area contributed by atoms with Crippen LogP contribution in [0.1, 0.15) is 25.8 Å². The SMILES string of the molecule is CCC(C)(N)C(=O)Cc1ccc(F)c(Cl)c1. The molecule has 0 amide bonds. The lowest BCUT2D eigenvalue weighted by Gasteiger charge is -2.20. The predicted octanol–water partition coefficient (Wildman–Crippen LogP) is 2.72. The predicted molar refractivity (Wildman–Crippen MR) is 63.0 cm³/mol. The second-order valence-electron chi connectivity index (χ2n) is 4.12. The number of carbonyl (C=O) groups is 1. The number of Topliss-reactive ketones (excluding diaryl/α,β-unsaturated/α-hetero) is 1. The zero-order chi connectivity index (χ0) is 12.3. The molecule has 16 heavy (non-hydrogen) atoms. The molecule has 2 N–H and O–H groups in total. The Morgan fingerprint density at radius 1 is 1.56 bits per heavy atom. The van der Waals surface area contributed by atoms with Crippen molar-refractivity contribution in [2.45, 2.75) is 32.2 Å². The molecule has 0 radical (unpaired) electrons. The quantitative estimate of drug-likeness (QED) is 0.884. The Kier molecular flexibility index (Phi) is 4.05. The van der Waals surface area contributed by atoms with Crippen LogP contribution < -0.4 is 5.73 Å². The zero-order valence-electron chi connectivity index (χ0n) is 9.39. The average molecular weight is 244 g/mol. The number of ketones is 1. The maximum atomic E-state index is 12.9. The van der Waals surface area contributed by atoms with Crippen LogP contribution in [0.3, 0.4) is 0 Å². The molecule has 2 nitrogen and oxygen atoms in total. The Morgan fingerprint density at radius 3 is 2.69 bits per heavy atom. The second kappa shape index (κ2) is 4.93. The lowest BCUT2D eigenvalue weighted by Crippen LogP contribution is -2.45. The molecule has 0 heterocycles. The molecule has 88 valence electrons. The molecule has 0 saturated carbocycles. The Hall–Kier alpha value is -0.930. The summed E-state index contributed by atoms with van der Waals surface area (Å²) in [5, 5.41) is 0.0283. The summed E-state index contributed by atoms with van der Waals surface area (Å²) in [5.74, 6) is -0.554. The van der Waals surface area contributed by atoms with E-state index in [0.717, 1.165) is 0 Å². The van der Waals surface area contributed by atoms with Crippen LogP contribution in [0.4, 0.5) is 4.39 Å². The van der Waals surface area contributed by atoms with E-state index in [4.69, 9.17) is 17.3 Å². The molecule has 0 saturated heterocycles. The first-order valence-corrected chi connectivity index (χ1v) is 5.50. The molecule has 0 bridgehead atoms. The van der Waals surface area contributed by atoms with E-state index >= 15 is 0 Å². The van der Waals surface area contributed by atoms with Crippen LogP contribution in [0.2, 0.25) is 5.02 Å². The van der Waals surface area contributed by atoms with Gasteiger partial charge in [0.05, 0.1) is 10.6 Å². The van der Waals surface area contributed by atoms with Gasteiger partial charge in [0.25, 0.3) is 0 Å². The standard InChI is InChI=1S/C12H15ClFNO/c1-3-12(2,15)11(16)7-8-4-5-10(14)9(13)6-8/h4-6H,3,7,15H2,1-2H3. The molecule has 1 aromatic rings. The third-order valence-electron chi connectivity index (χ3n) is 2.72. The van der Waals surface area contributed by atoms with Gasteiger partial charge in [-0.05, 0) is 31.0 Å². The van der Waals surface area contributed by atoms with Crippen LogP contribution in [-0.4, -0.2) is 11.3 Å². The summed E-state index contributed by atoms with van der Waals surface area (Å²) in [4.78, 5) is 11.8. The zero-order valence-corrected chi connectivity index (χ0v) is 10.1. The van der Waals surface area contributed by atoms with Crippen LogP contribution in [-0.2, 0) is 11.2 Å². The highest BCUT2D eigenvalue weighted by Gasteiger charge is 2.25. The van der Waals surface area contributed by atoms with E-state index in [1.807, 2.05) is 6.92 Å². The summed E-state index contributed by atoms with van der Waals surface area (Å²) in [6, 6.07) is 4.26. The van der Waals surface area contributed by atoms with E-state index in [0.29, 0.717) is 12.0 Å². The Labute approximate surface area is 99.6 Å². The molecular weight excluding hydrogens is 229 g/mol. The van der Waals surface area contributed by atoms with E-state index in [1.165, 1.54) is 12.1 Å². The Bertz CT molecular complexity index is 404. The third kappa shape index (κ3) is 3.03. The summed E-state index contributed by atoms with van der Waals surface area (Å²) >= 11 is 5.63. The first-order valence-electron chi connectivity index (χ1n) is 5.13. The number of nitrogens with two attached hydrogens (primary N) is 1. The van der Waals surface area contributed by atoms with Crippen LogP contribution >= 0.6 is 11.6 Å². The molecule has 0 fully saturated rings. The summed E-state index contributed by atoms with van der Waals surface area (Å²) in [7, 11) is 0. The van der Waals surface area contributed by atoms with Gasteiger partial charge >= 0.3 is 0 Å². The number of hydrogen-bond donors (Lipinski definition) is 1. The van der Waals surface area contributed by atoms with Gasteiger partial charge in [-0.15, -0.1) is 0 Å².